The van der Waals surface area contributed by atoms with E-state index in [1.165, 1.54) is 25.7 Å². The average Bonchev–Trinajstić information content (AvgIpc) is 3.34. The van der Waals surface area contributed by atoms with E-state index >= 15 is 0 Å². The SMILES string of the molecule is CN(CCOCc1cccc(CNC2CC2)n1)C1CC1. The maximum atomic E-state index is 5.74. The molecule has 1 heterocycles. The maximum Gasteiger partial charge on any atom is 0.0888 e. The predicted octanol–water partition coefficient (Wildman–Crippen LogP) is 1.94. The van der Waals surface area contributed by atoms with Crippen LogP contribution in [0.15, 0.2) is 18.2 Å². The number of nitrogens with zero attached hydrogens (tertiary/aromatic N) is 2. The van der Waals surface area contributed by atoms with Crippen molar-refractivity contribution in [3.63, 3.8) is 0 Å². The second-order valence-corrected chi connectivity index (χ2v) is 6.04. The highest BCUT2D eigenvalue weighted by molar-refractivity contribution is 5.11. The summed E-state index contributed by atoms with van der Waals surface area (Å²) in [4.78, 5) is 7.03. The Hall–Kier alpha value is -0.970. The summed E-state index contributed by atoms with van der Waals surface area (Å²) in [6.45, 7) is 3.31. The zero-order chi connectivity index (χ0) is 13.8. The fourth-order valence-electron chi connectivity index (χ4n) is 2.33. The van der Waals surface area contributed by atoms with E-state index in [4.69, 9.17) is 4.74 Å². The first-order valence-corrected chi connectivity index (χ1v) is 7.77. The van der Waals surface area contributed by atoms with Crippen molar-refractivity contribution in [1.29, 1.82) is 0 Å². The van der Waals surface area contributed by atoms with Crippen molar-refractivity contribution >= 4 is 0 Å². The number of hydrogen-bond acceptors (Lipinski definition) is 4. The highest BCUT2D eigenvalue weighted by Crippen LogP contribution is 2.24. The van der Waals surface area contributed by atoms with Gasteiger partial charge in [0.15, 0.2) is 0 Å². The summed E-state index contributed by atoms with van der Waals surface area (Å²) in [6, 6.07) is 7.75. The van der Waals surface area contributed by atoms with E-state index in [9.17, 15) is 0 Å². The zero-order valence-corrected chi connectivity index (χ0v) is 12.3. The quantitative estimate of drug-likeness (QED) is 0.699. The lowest BCUT2D eigenvalue weighted by Crippen LogP contribution is -2.25. The second kappa shape index (κ2) is 6.66. The van der Waals surface area contributed by atoms with Crippen LogP contribution in [0.3, 0.4) is 0 Å². The molecule has 0 unspecified atom stereocenters. The van der Waals surface area contributed by atoms with Crippen molar-refractivity contribution in [2.24, 2.45) is 0 Å². The third-order valence-electron chi connectivity index (χ3n) is 4.02. The van der Waals surface area contributed by atoms with Crippen LogP contribution < -0.4 is 5.32 Å². The van der Waals surface area contributed by atoms with Crippen LogP contribution in [-0.4, -0.2) is 42.2 Å². The summed E-state index contributed by atoms with van der Waals surface area (Å²) in [5.41, 5.74) is 2.15. The third-order valence-corrected chi connectivity index (χ3v) is 4.02. The van der Waals surface area contributed by atoms with E-state index < -0.39 is 0 Å². The Bertz CT molecular complexity index is 429. The molecule has 0 radical (unpaired) electrons. The Morgan fingerprint density at radius 2 is 2.05 bits per heavy atom. The van der Waals surface area contributed by atoms with E-state index in [-0.39, 0.29) is 0 Å². The Balaban J connectivity index is 1.36. The minimum Gasteiger partial charge on any atom is -0.374 e. The van der Waals surface area contributed by atoms with Crippen molar-refractivity contribution in [3.8, 4) is 0 Å². The Labute approximate surface area is 121 Å². The summed E-state index contributed by atoms with van der Waals surface area (Å²) in [5.74, 6) is 0. The molecule has 0 atom stereocenters. The summed E-state index contributed by atoms with van der Waals surface area (Å²) < 4.78 is 5.74. The standard InChI is InChI=1S/C16H25N3O/c1-19(16-7-8-16)9-10-20-12-15-4-2-3-14(18-15)11-17-13-5-6-13/h2-4,13,16-17H,5-12H2,1H3. The molecule has 1 aromatic rings. The van der Waals surface area contributed by atoms with Crippen LogP contribution in [0.5, 0.6) is 0 Å². The topological polar surface area (TPSA) is 37.4 Å². The molecule has 110 valence electrons. The largest absolute Gasteiger partial charge is 0.374 e. The zero-order valence-electron chi connectivity index (χ0n) is 12.3. The summed E-state index contributed by atoms with van der Waals surface area (Å²) in [6.07, 6.45) is 5.34. The van der Waals surface area contributed by atoms with Gasteiger partial charge < -0.3 is 15.0 Å². The van der Waals surface area contributed by atoms with Crippen LogP contribution >= 0.6 is 0 Å². The Kier molecular flexibility index (Phi) is 4.65. The van der Waals surface area contributed by atoms with Crippen LogP contribution in [-0.2, 0) is 17.9 Å². The molecule has 0 aromatic carbocycles. The molecule has 0 aliphatic heterocycles. The van der Waals surface area contributed by atoms with Crippen molar-refractivity contribution in [3.05, 3.63) is 29.6 Å². The van der Waals surface area contributed by atoms with Gasteiger partial charge in [0.2, 0.25) is 0 Å². The average molecular weight is 275 g/mol. The molecule has 2 aliphatic carbocycles. The van der Waals surface area contributed by atoms with Gasteiger partial charge >= 0.3 is 0 Å². The fourth-order valence-corrected chi connectivity index (χ4v) is 2.33. The van der Waals surface area contributed by atoms with Gasteiger partial charge in [-0.05, 0) is 44.9 Å². The van der Waals surface area contributed by atoms with Crippen molar-refractivity contribution < 1.29 is 4.74 Å². The van der Waals surface area contributed by atoms with Gasteiger partial charge in [-0.2, -0.15) is 0 Å². The number of rotatable bonds is 9. The van der Waals surface area contributed by atoms with Crippen LogP contribution in [0.4, 0.5) is 0 Å². The first-order chi connectivity index (χ1) is 9.81. The number of pyridine rings is 1. The monoisotopic (exact) mass is 275 g/mol. The fraction of sp³-hybridized carbons (Fsp3) is 0.688. The second-order valence-electron chi connectivity index (χ2n) is 6.04. The summed E-state index contributed by atoms with van der Waals surface area (Å²) in [5, 5.41) is 3.49. The number of aromatic nitrogens is 1. The molecule has 1 aromatic heterocycles. The molecule has 2 aliphatic rings. The van der Waals surface area contributed by atoms with E-state index in [1.807, 2.05) is 6.07 Å². The van der Waals surface area contributed by atoms with Gasteiger partial charge in [-0.25, -0.2) is 0 Å². The summed E-state index contributed by atoms with van der Waals surface area (Å²) >= 11 is 0. The maximum absolute atomic E-state index is 5.74. The van der Waals surface area contributed by atoms with E-state index in [1.54, 1.807) is 0 Å². The highest BCUT2D eigenvalue weighted by atomic mass is 16.5. The minimum absolute atomic E-state index is 0.621. The Morgan fingerprint density at radius 3 is 2.80 bits per heavy atom. The third kappa shape index (κ3) is 4.54. The molecule has 20 heavy (non-hydrogen) atoms. The molecular weight excluding hydrogens is 250 g/mol. The van der Waals surface area contributed by atoms with Gasteiger partial charge in [0, 0.05) is 25.2 Å². The van der Waals surface area contributed by atoms with Gasteiger partial charge in [-0.3, -0.25) is 4.98 Å². The van der Waals surface area contributed by atoms with Crippen LogP contribution in [0.2, 0.25) is 0 Å². The first kappa shape index (κ1) is 14.0. The Morgan fingerprint density at radius 1 is 1.25 bits per heavy atom. The number of hydrogen-bond donors (Lipinski definition) is 1. The smallest absolute Gasteiger partial charge is 0.0888 e. The lowest BCUT2D eigenvalue weighted by atomic mass is 10.3. The van der Waals surface area contributed by atoms with Gasteiger partial charge in [0.1, 0.15) is 0 Å². The molecule has 0 bridgehead atoms. The number of ether oxygens (including phenoxy) is 1. The van der Waals surface area contributed by atoms with Crippen LogP contribution in [0, 0.1) is 0 Å². The molecule has 1 N–H and O–H groups in total. The van der Waals surface area contributed by atoms with Crippen molar-refractivity contribution in [2.75, 3.05) is 20.2 Å². The van der Waals surface area contributed by atoms with E-state index in [0.717, 1.165) is 43.2 Å². The molecule has 3 rings (SSSR count). The van der Waals surface area contributed by atoms with E-state index in [0.29, 0.717) is 6.61 Å². The summed E-state index contributed by atoms with van der Waals surface area (Å²) in [7, 11) is 2.18. The molecule has 4 nitrogen and oxygen atoms in total. The lowest BCUT2D eigenvalue weighted by Gasteiger charge is -2.15. The van der Waals surface area contributed by atoms with Gasteiger partial charge in [-0.15, -0.1) is 0 Å². The predicted molar refractivity (Wildman–Crippen MR) is 79.4 cm³/mol. The highest BCUT2D eigenvalue weighted by Gasteiger charge is 2.25. The normalized spacial score (nSPS) is 18.7. The molecular formula is C16H25N3O. The molecule has 0 saturated heterocycles. The molecule has 2 fully saturated rings. The van der Waals surface area contributed by atoms with E-state index in [2.05, 4.69) is 34.4 Å². The van der Waals surface area contributed by atoms with Crippen molar-refractivity contribution in [1.82, 2.24) is 15.2 Å². The molecule has 0 amide bonds. The van der Waals surface area contributed by atoms with Crippen LogP contribution in [0.25, 0.3) is 0 Å². The number of nitrogens with one attached hydrogen (secondary N) is 1. The molecule has 4 heteroatoms. The van der Waals surface area contributed by atoms with Crippen LogP contribution in [0.1, 0.15) is 37.1 Å². The molecule has 0 spiro atoms. The van der Waals surface area contributed by atoms with Gasteiger partial charge in [-0.1, -0.05) is 6.07 Å². The van der Waals surface area contributed by atoms with Crippen molar-refractivity contribution in [2.45, 2.75) is 50.9 Å². The lowest BCUT2D eigenvalue weighted by molar-refractivity contribution is 0.0956. The van der Waals surface area contributed by atoms with Gasteiger partial charge in [0.05, 0.1) is 24.6 Å². The number of likely N-dealkylation sites (N-methyl/N-ethyl adjacent to an activating group) is 1. The molecule has 2 saturated carbocycles. The minimum atomic E-state index is 0.621. The first-order valence-electron chi connectivity index (χ1n) is 7.77. The van der Waals surface area contributed by atoms with Gasteiger partial charge in [0.25, 0.3) is 0 Å².